The molecule has 0 saturated heterocycles. The summed E-state index contributed by atoms with van der Waals surface area (Å²) >= 11 is 6.13. The first-order chi connectivity index (χ1) is 11.7. The lowest BCUT2D eigenvalue weighted by molar-refractivity contribution is 0.356. The summed E-state index contributed by atoms with van der Waals surface area (Å²) in [7, 11) is 3.17. The first-order valence-corrected chi connectivity index (χ1v) is 7.61. The maximum Gasteiger partial charge on any atom is 0.224 e. The zero-order valence-electron chi connectivity index (χ0n) is 13.0. The molecule has 120 valence electrons. The number of halogens is 1. The normalized spacial score (nSPS) is 11.1. The van der Waals surface area contributed by atoms with Crippen LogP contribution in [0.4, 0.5) is 0 Å². The quantitative estimate of drug-likeness (QED) is 0.533. The Kier molecular flexibility index (Phi) is 3.46. The smallest absolute Gasteiger partial charge is 0.224 e. The molecule has 0 atom stereocenters. The molecule has 4 rings (SSSR count). The van der Waals surface area contributed by atoms with E-state index in [1.54, 1.807) is 26.6 Å². The second kappa shape index (κ2) is 5.65. The van der Waals surface area contributed by atoms with E-state index in [2.05, 4.69) is 15.0 Å². The van der Waals surface area contributed by atoms with E-state index < -0.39 is 0 Å². The van der Waals surface area contributed by atoms with Gasteiger partial charge in [0.05, 0.1) is 30.8 Å². The fraction of sp³-hybridized carbons (Fsp3) is 0.118. The highest BCUT2D eigenvalue weighted by Gasteiger charge is 2.15. The number of methoxy groups -OCH3 is 2. The van der Waals surface area contributed by atoms with Gasteiger partial charge in [-0.05, 0) is 29.8 Å². The van der Waals surface area contributed by atoms with Crippen molar-refractivity contribution in [3.8, 4) is 17.3 Å². The fourth-order valence-electron chi connectivity index (χ4n) is 2.72. The lowest BCUT2D eigenvalue weighted by Gasteiger charge is -2.12. The first kappa shape index (κ1) is 14.7. The Labute approximate surface area is 142 Å². The summed E-state index contributed by atoms with van der Waals surface area (Å²) < 4.78 is 12.6. The van der Waals surface area contributed by atoms with Gasteiger partial charge >= 0.3 is 0 Å². The zero-order valence-corrected chi connectivity index (χ0v) is 13.8. The molecule has 0 amide bonds. The van der Waals surface area contributed by atoms with Crippen LogP contribution in [-0.2, 0) is 0 Å². The van der Waals surface area contributed by atoms with Crippen LogP contribution in [0.2, 0.25) is 5.28 Å². The van der Waals surface area contributed by atoms with Crippen LogP contribution >= 0.6 is 11.6 Å². The Morgan fingerprint density at radius 3 is 2.50 bits per heavy atom. The van der Waals surface area contributed by atoms with Crippen molar-refractivity contribution in [3.05, 3.63) is 48.0 Å². The number of fused-ring (bicyclic) bond motifs is 2. The van der Waals surface area contributed by atoms with Crippen LogP contribution in [0.1, 0.15) is 0 Å². The lowest BCUT2D eigenvalue weighted by Crippen LogP contribution is -2.01. The van der Waals surface area contributed by atoms with Gasteiger partial charge in [0.25, 0.3) is 0 Å². The van der Waals surface area contributed by atoms with Crippen LogP contribution < -0.4 is 9.47 Å². The van der Waals surface area contributed by atoms with Crippen molar-refractivity contribution in [3.63, 3.8) is 0 Å². The number of rotatable bonds is 3. The number of benzene rings is 2. The van der Waals surface area contributed by atoms with Gasteiger partial charge in [-0.1, -0.05) is 12.1 Å². The Balaban J connectivity index is 2.07. The van der Waals surface area contributed by atoms with Crippen molar-refractivity contribution in [2.75, 3.05) is 14.2 Å². The second-order valence-corrected chi connectivity index (χ2v) is 5.48. The Morgan fingerprint density at radius 1 is 0.958 bits per heavy atom. The number of hydrogen-bond donors (Lipinski definition) is 0. The molecule has 0 aliphatic rings. The van der Waals surface area contributed by atoms with Crippen molar-refractivity contribution in [2.24, 2.45) is 0 Å². The number of aromatic nitrogens is 4. The minimum atomic E-state index is 0.155. The molecule has 7 heteroatoms. The molecule has 0 unspecified atom stereocenters. The first-order valence-electron chi connectivity index (χ1n) is 7.23. The van der Waals surface area contributed by atoms with Gasteiger partial charge in [-0.15, -0.1) is 0 Å². The average Bonchev–Trinajstić information content (AvgIpc) is 3.03. The van der Waals surface area contributed by atoms with Crippen molar-refractivity contribution < 1.29 is 9.47 Å². The minimum absolute atomic E-state index is 0.155. The van der Waals surface area contributed by atoms with Crippen molar-refractivity contribution in [1.29, 1.82) is 0 Å². The van der Waals surface area contributed by atoms with E-state index in [1.165, 1.54) is 0 Å². The molecular weight excluding hydrogens is 328 g/mol. The number of ether oxygens (including phenoxy) is 2. The third kappa shape index (κ3) is 2.23. The third-order valence-corrected chi connectivity index (χ3v) is 4.00. The maximum atomic E-state index is 6.13. The second-order valence-electron chi connectivity index (χ2n) is 5.14. The number of nitrogens with zero attached hydrogens (tertiary/aromatic N) is 4. The Hall–Kier alpha value is -2.86. The molecule has 0 spiro atoms. The summed E-state index contributed by atoms with van der Waals surface area (Å²) in [6.45, 7) is 0. The third-order valence-electron chi connectivity index (χ3n) is 3.84. The predicted octanol–water partition coefficient (Wildman–Crippen LogP) is 3.64. The van der Waals surface area contributed by atoms with Crippen LogP contribution in [0.15, 0.2) is 42.7 Å². The van der Waals surface area contributed by atoms with Gasteiger partial charge in [0.15, 0.2) is 17.3 Å². The number of imidazole rings is 1. The van der Waals surface area contributed by atoms with Gasteiger partial charge in [-0.25, -0.2) is 9.97 Å². The van der Waals surface area contributed by atoms with Crippen LogP contribution in [0.5, 0.6) is 11.5 Å². The van der Waals surface area contributed by atoms with E-state index in [-0.39, 0.29) is 5.28 Å². The molecule has 2 aromatic heterocycles. The van der Waals surface area contributed by atoms with Gasteiger partial charge in [0.2, 0.25) is 5.28 Å². The highest BCUT2D eigenvalue weighted by Crippen LogP contribution is 2.34. The molecule has 0 N–H and O–H groups in total. The molecule has 0 radical (unpaired) electrons. The summed E-state index contributed by atoms with van der Waals surface area (Å²) in [4.78, 5) is 13.1. The van der Waals surface area contributed by atoms with Gasteiger partial charge in [0, 0.05) is 11.5 Å². The minimum Gasteiger partial charge on any atom is -0.493 e. The molecular formula is C17H13ClN4O2. The SMILES string of the molecule is COc1cc2nc(Cl)nc(-n3cnc4ccccc43)c2cc1OC. The van der Waals surface area contributed by atoms with Crippen LogP contribution in [-0.4, -0.2) is 33.7 Å². The molecule has 0 bridgehead atoms. The van der Waals surface area contributed by atoms with E-state index in [0.29, 0.717) is 22.8 Å². The monoisotopic (exact) mass is 340 g/mol. The summed E-state index contributed by atoms with van der Waals surface area (Å²) in [6.07, 6.45) is 1.72. The van der Waals surface area contributed by atoms with Gasteiger partial charge in [0.1, 0.15) is 6.33 Å². The molecule has 2 aromatic carbocycles. The Bertz CT molecular complexity index is 1060. The molecule has 0 aliphatic heterocycles. The van der Waals surface area contributed by atoms with E-state index in [9.17, 15) is 0 Å². The van der Waals surface area contributed by atoms with E-state index in [0.717, 1.165) is 16.4 Å². The largest absolute Gasteiger partial charge is 0.493 e. The summed E-state index contributed by atoms with van der Waals surface area (Å²) in [5.74, 6) is 1.82. The zero-order chi connectivity index (χ0) is 16.7. The molecule has 0 fully saturated rings. The summed E-state index contributed by atoms with van der Waals surface area (Å²) in [5, 5.41) is 0.947. The van der Waals surface area contributed by atoms with Crippen LogP contribution in [0.25, 0.3) is 27.8 Å². The van der Waals surface area contributed by atoms with Gasteiger partial charge < -0.3 is 9.47 Å². The molecule has 0 saturated carbocycles. The summed E-state index contributed by atoms with van der Waals surface area (Å²) in [6, 6.07) is 11.4. The van der Waals surface area contributed by atoms with Gasteiger partial charge in [-0.3, -0.25) is 4.57 Å². The van der Waals surface area contributed by atoms with Crippen molar-refractivity contribution in [1.82, 2.24) is 19.5 Å². The van der Waals surface area contributed by atoms with Crippen LogP contribution in [0.3, 0.4) is 0 Å². The number of hydrogen-bond acceptors (Lipinski definition) is 5. The lowest BCUT2D eigenvalue weighted by atomic mass is 10.2. The highest BCUT2D eigenvalue weighted by atomic mass is 35.5. The predicted molar refractivity (Wildman–Crippen MR) is 92.3 cm³/mol. The Morgan fingerprint density at radius 2 is 1.71 bits per heavy atom. The molecule has 4 aromatic rings. The highest BCUT2D eigenvalue weighted by molar-refractivity contribution is 6.28. The van der Waals surface area contributed by atoms with E-state index >= 15 is 0 Å². The summed E-state index contributed by atoms with van der Waals surface area (Å²) in [5.41, 5.74) is 2.48. The molecule has 2 heterocycles. The van der Waals surface area contributed by atoms with E-state index in [4.69, 9.17) is 21.1 Å². The molecule has 0 aliphatic carbocycles. The fourth-order valence-corrected chi connectivity index (χ4v) is 2.89. The topological polar surface area (TPSA) is 62.1 Å². The van der Waals surface area contributed by atoms with Gasteiger partial charge in [-0.2, -0.15) is 4.98 Å². The average molecular weight is 341 g/mol. The van der Waals surface area contributed by atoms with Crippen molar-refractivity contribution in [2.45, 2.75) is 0 Å². The molecule has 24 heavy (non-hydrogen) atoms. The van der Waals surface area contributed by atoms with Crippen LogP contribution in [0, 0.1) is 0 Å². The standard InChI is InChI=1S/C17H13ClN4O2/c1-23-14-7-10-12(8-15(14)24-2)20-17(18)21-16(10)22-9-19-11-5-3-4-6-13(11)22/h3-9H,1-2H3. The molecule has 6 nitrogen and oxygen atoms in total. The maximum absolute atomic E-state index is 6.13. The number of para-hydroxylation sites is 2. The van der Waals surface area contributed by atoms with Crippen molar-refractivity contribution >= 4 is 33.5 Å². The van der Waals surface area contributed by atoms with E-state index in [1.807, 2.05) is 34.9 Å².